The van der Waals surface area contributed by atoms with E-state index in [2.05, 4.69) is 0 Å². The highest BCUT2D eigenvalue weighted by Crippen LogP contribution is 2.45. The molecule has 8 N–H and O–H groups in total. The second kappa shape index (κ2) is 5.14. The average molecular weight is 288 g/mol. The standard InChI is InChI=1S/C8H8N4O4S2/c9-5(13)1-2(6(10)14)4(8(12)16)18-17-3(1)7(11)15/h(H2,9,13)(H2,10,14)(H2,11,15)(H2,12,16). The second-order valence-corrected chi connectivity index (χ2v) is 5.18. The first kappa shape index (κ1) is 14.1. The molecule has 0 radical (unpaired) electrons. The Bertz CT molecular complexity index is 489. The van der Waals surface area contributed by atoms with E-state index in [-0.39, 0.29) is 9.81 Å². The zero-order valence-electron chi connectivity index (χ0n) is 8.76. The number of nitrogens with two attached hydrogens (primary N) is 4. The highest BCUT2D eigenvalue weighted by atomic mass is 33.1. The predicted molar refractivity (Wildman–Crippen MR) is 66.0 cm³/mol. The van der Waals surface area contributed by atoms with Gasteiger partial charge in [-0.3, -0.25) is 19.2 Å². The van der Waals surface area contributed by atoms with Crippen LogP contribution in [-0.4, -0.2) is 23.6 Å². The molecule has 4 amide bonds. The SMILES string of the molecule is NC(=O)C1=C(C(N)=O)C(C(N)=O)=C(C(N)=O)SS1. The summed E-state index contributed by atoms with van der Waals surface area (Å²) < 4.78 is 0. The lowest BCUT2D eigenvalue weighted by Gasteiger charge is -2.18. The van der Waals surface area contributed by atoms with Crippen molar-refractivity contribution in [3.8, 4) is 0 Å². The molecule has 0 bridgehead atoms. The van der Waals surface area contributed by atoms with Crippen LogP contribution < -0.4 is 22.9 Å². The number of carbonyl (C=O) groups is 4. The van der Waals surface area contributed by atoms with Gasteiger partial charge in [-0.2, -0.15) is 0 Å². The Morgan fingerprint density at radius 3 is 1.06 bits per heavy atom. The van der Waals surface area contributed by atoms with Crippen LogP contribution in [0.15, 0.2) is 21.0 Å². The fraction of sp³-hybridized carbons (Fsp3) is 0. The molecule has 1 rings (SSSR count). The van der Waals surface area contributed by atoms with E-state index in [0.29, 0.717) is 0 Å². The van der Waals surface area contributed by atoms with E-state index >= 15 is 0 Å². The van der Waals surface area contributed by atoms with Crippen LogP contribution in [0.2, 0.25) is 0 Å². The minimum Gasteiger partial charge on any atom is -0.366 e. The summed E-state index contributed by atoms with van der Waals surface area (Å²) in [6, 6.07) is 0. The third kappa shape index (κ3) is 2.49. The Hall–Kier alpha value is -1.94. The van der Waals surface area contributed by atoms with Gasteiger partial charge >= 0.3 is 0 Å². The van der Waals surface area contributed by atoms with Gasteiger partial charge in [0, 0.05) is 0 Å². The topological polar surface area (TPSA) is 172 Å². The quantitative estimate of drug-likeness (QED) is 0.428. The van der Waals surface area contributed by atoms with Gasteiger partial charge in [-0.25, -0.2) is 0 Å². The zero-order chi connectivity index (χ0) is 14.0. The molecule has 0 unspecified atom stereocenters. The number of carbonyl (C=O) groups excluding carboxylic acids is 4. The van der Waals surface area contributed by atoms with Crippen LogP contribution in [0.4, 0.5) is 0 Å². The van der Waals surface area contributed by atoms with Crippen LogP contribution in [0.25, 0.3) is 0 Å². The van der Waals surface area contributed by atoms with Gasteiger partial charge in [0.25, 0.3) is 23.6 Å². The first-order valence-electron chi connectivity index (χ1n) is 4.30. The highest BCUT2D eigenvalue weighted by molar-refractivity contribution is 8.80. The van der Waals surface area contributed by atoms with Crippen molar-refractivity contribution in [2.45, 2.75) is 0 Å². The largest absolute Gasteiger partial charge is 0.366 e. The van der Waals surface area contributed by atoms with Gasteiger partial charge in [0.1, 0.15) is 0 Å². The molecule has 1 aliphatic heterocycles. The number of primary amides is 4. The Balaban J connectivity index is 3.63. The van der Waals surface area contributed by atoms with Crippen molar-refractivity contribution in [1.29, 1.82) is 0 Å². The first-order valence-corrected chi connectivity index (χ1v) is 6.45. The molecule has 0 spiro atoms. The van der Waals surface area contributed by atoms with Crippen LogP contribution >= 0.6 is 21.6 Å². The molecule has 0 atom stereocenters. The Morgan fingerprint density at radius 1 is 0.611 bits per heavy atom. The zero-order valence-corrected chi connectivity index (χ0v) is 10.4. The van der Waals surface area contributed by atoms with Gasteiger partial charge in [-0.15, -0.1) is 0 Å². The molecule has 8 nitrogen and oxygen atoms in total. The van der Waals surface area contributed by atoms with Crippen molar-refractivity contribution in [3.63, 3.8) is 0 Å². The van der Waals surface area contributed by atoms with Gasteiger partial charge in [-0.05, 0) is 21.6 Å². The number of amides is 4. The summed E-state index contributed by atoms with van der Waals surface area (Å²) in [7, 11) is 1.44. The van der Waals surface area contributed by atoms with E-state index in [9.17, 15) is 19.2 Å². The maximum Gasteiger partial charge on any atom is 0.256 e. The smallest absolute Gasteiger partial charge is 0.256 e. The van der Waals surface area contributed by atoms with Gasteiger partial charge in [0.05, 0.1) is 21.0 Å². The van der Waals surface area contributed by atoms with Crippen molar-refractivity contribution in [2.24, 2.45) is 22.9 Å². The third-order valence-corrected chi connectivity index (χ3v) is 4.33. The number of rotatable bonds is 4. The third-order valence-electron chi connectivity index (χ3n) is 1.85. The monoisotopic (exact) mass is 288 g/mol. The van der Waals surface area contributed by atoms with E-state index in [1.807, 2.05) is 0 Å². The van der Waals surface area contributed by atoms with Gasteiger partial charge in [0.15, 0.2) is 0 Å². The fourth-order valence-corrected chi connectivity index (χ4v) is 3.59. The summed E-state index contributed by atoms with van der Waals surface area (Å²) in [6.07, 6.45) is 0. The van der Waals surface area contributed by atoms with E-state index in [1.54, 1.807) is 0 Å². The molecular weight excluding hydrogens is 280 g/mol. The molecule has 0 fully saturated rings. The highest BCUT2D eigenvalue weighted by Gasteiger charge is 2.34. The lowest BCUT2D eigenvalue weighted by molar-refractivity contribution is -0.118. The predicted octanol–water partition coefficient (Wildman–Crippen LogP) is -2.17. The van der Waals surface area contributed by atoms with Crippen LogP contribution in [0.3, 0.4) is 0 Å². The van der Waals surface area contributed by atoms with Crippen molar-refractivity contribution in [3.05, 3.63) is 21.0 Å². The van der Waals surface area contributed by atoms with E-state index in [0.717, 1.165) is 21.6 Å². The summed E-state index contributed by atoms with van der Waals surface area (Å²) in [5.41, 5.74) is 19.3. The lowest BCUT2D eigenvalue weighted by atomic mass is 10.0. The molecule has 0 saturated carbocycles. The van der Waals surface area contributed by atoms with Crippen molar-refractivity contribution in [1.82, 2.24) is 0 Å². The normalized spacial score (nSPS) is 15.6. The molecule has 0 saturated heterocycles. The number of hydrogen-bond donors (Lipinski definition) is 4. The molecule has 0 aromatic carbocycles. The van der Waals surface area contributed by atoms with Crippen LogP contribution in [0.1, 0.15) is 0 Å². The van der Waals surface area contributed by atoms with Crippen molar-refractivity contribution in [2.75, 3.05) is 0 Å². The van der Waals surface area contributed by atoms with Crippen molar-refractivity contribution < 1.29 is 19.2 Å². The molecule has 0 aromatic rings. The summed E-state index contributed by atoms with van der Waals surface area (Å²) in [6.45, 7) is 0. The average Bonchev–Trinajstić information content (AvgIpc) is 2.26. The molecule has 18 heavy (non-hydrogen) atoms. The Labute approximate surface area is 109 Å². The molecule has 10 heteroatoms. The molecule has 0 aromatic heterocycles. The molecule has 0 aliphatic carbocycles. The summed E-state index contributed by atoms with van der Waals surface area (Å²) >= 11 is 0. The van der Waals surface area contributed by atoms with Crippen LogP contribution in [-0.2, 0) is 19.2 Å². The van der Waals surface area contributed by atoms with Gasteiger partial charge < -0.3 is 22.9 Å². The lowest BCUT2D eigenvalue weighted by Crippen LogP contribution is -2.31. The summed E-state index contributed by atoms with van der Waals surface area (Å²) in [4.78, 5) is 44.4. The first-order chi connectivity index (χ1) is 8.27. The fourth-order valence-electron chi connectivity index (χ4n) is 1.19. The summed E-state index contributed by atoms with van der Waals surface area (Å²) in [5, 5.41) is 0. The molecular formula is C8H8N4O4S2. The Kier molecular flexibility index (Phi) is 4.03. The van der Waals surface area contributed by atoms with Gasteiger partial charge in [0.2, 0.25) is 0 Å². The van der Waals surface area contributed by atoms with Gasteiger partial charge in [-0.1, -0.05) is 0 Å². The van der Waals surface area contributed by atoms with Crippen molar-refractivity contribution >= 4 is 45.2 Å². The maximum absolute atomic E-state index is 11.3. The van der Waals surface area contributed by atoms with E-state index in [4.69, 9.17) is 22.9 Å². The molecule has 1 aliphatic rings. The Morgan fingerprint density at radius 2 is 0.889 bits per heavy atom. The maximum atomic E-state index is 11.3. The number of hydrogen-bond acceptors (Lipinski definition) is 6. The van der Waals surface area contributed by atoms with E-state index in [1.165, 1.54) is 0 Å². The minimum absolute atomic E-state index is 0.244. The van der Waals surface area contributed by atoms with Crippen LogP contribution in [0.5, 0.6) is 0 Å². The van der Waals surface area contributed by atoms with E-state index < -0.39 is 34.8 Å². The molecule has 1 heterocycles. The second-order valence-electron chi connectivity index (χ2n) is 3.03. The van der Waals surface area contributed by atoms with Crippen LogP contribution in [0, 0.1) is 0 Å². The summed E-state index contributed by atoms with van der Waals surface area (Å²) in [5.74, 6) is -4.10. The minimum atomic E-state index is -1.09. The molecule has 96 valence electrons.